The van der Waals surface area contributed by atoms with Gasteiger partial charge in [-0.1, -0.05) is 0 Å². The molecule has 34 heavy (non-hydrogen) atoms. The van der Waals surface area contributed by atoms with Crippen molar-refractivity contribution >= 4 is 44.5 Å². The summed E-state index contributed by atoms with van der Waals surface area (Å²) in [6.07, 6.45) is 6.97. The number of hydrogen-bond acceptors (Lipinski definition) is 9. The summed E-state index contributed by atoms with van der Waals surface area (Å²) in [6, 6.07) is 5.94. The van der Waals surface area contributed by atoms with E-state index in [-0.39, 0.29) is 24.1 Å². The zero-order chi connectivity index (χ0) is 23.7. The van der Waals surface area contributed by atoms with Crippen LogP contribution in [-0.2, 0) is 4.74 Å². The van der Waals surface area contributed by atoms with Crippen molar-refractivity contribution in [2.75, 3.05) is 11.9 Å². The third kappa shape index (κ3) is 4.72. The van der Waals surface area contributed by atoms with Crippen molar-refractivity contribution < 1.29 is 14.3 Å². The van der Waals surface area contributed by atoms with E-state index in [4.69, 9.17) is 14.5 Å². The number of fused-ring (bicyclic) bond motifs is 2. The summed E-state index contributed by atoms with van der Waals surface area (Å²) in [7, 11) is 0. The van der Waals surface area contributed by atoms with Gasteiger partial charge in [0.2, 0.25) is 5.13 Å². The van der Waals surface area contributed by atoms with E-state index in [1.54, 1.807) is 12.4 Å². The van der Waals surface area contributed by atoms with Crippen molar-refractivity contribution in [3.63, 3.8) is 0 Å². The Balaban J connectivity index is 1.30. The Hall–Kier alpha value is -2.79. The van der Waals surface area contributed by atoms with E-state index in [1.807, 2.05) is 36.9 Å². The molecule has 3 aromatic rings. The van der Waals surface area contributed by atoms with Crippen molar-refractivity contribution in [2.24, 2.45) is 0 Å². The second-order valence-corrected chi connectivity index (χ2v) is 10.1. The highest BCUT2D eigenvalue weighted by Crippen LogP contribution is 2.43. The van der Waals surface area contributed by atoms with E-state index in [9.17, 15) is 4.79 Å². The van der Waals surface area contributed by atoms with Crippen molar-refractivity contribution in [3.05, 3.63) is 46.6 Å². The Bertz CT molecular complexity index is 1180. The van der Waals surface area contributed by atoms with E-state index in [1.165, 1.54) is 11.5 Å². The molecule has 0 radical (unpaired) electrons. The molecule has 178 valence electrons. The highest BCUT2D eigenvalue weighted by Gasteiger charge is 2.45. The van der Waals surface area contributed by atoms with Gasteiger partial charge >= 0.3 is 6.09 Å². The summed E-state index contributed by atoms with van der Waals surface area (Å²) >= 11 is 4.76. The summed E-state index contributed by atoms with van der Waals surface area (Å²) in [6.45, 7) is 4.14. The fourth-order valence-electron chi connectivity index (χ4n) is 4.72. The van der Waals surface area contributed by atoms with Gasteiger partial charge in [-0.3, -0.25) is 4.98 Å². The summed E-state index contributed by atoms with van der Waals surface area (Å²) in [5.74, 6) is 2.80. The molecule has 2 aliphatic rings. The molecule has 1 N–H and O–H groups in total. The average molecular weight is 545 g/mol. The maximum Gasteiger partial charge on any atom is 0.410 e. The van der Waals surface area contributed by atoms with Gasteiger partial charge in [0.1, 0.15) is 11.6 Å². The Labute approximate surface area is 210 Å². The molecule has 2 fully saturated rings. The fraction of sp³-hybridized carbons (Fsp3) is 0.435. The molecule has 2 saturated heterocycles. The monoisotopic (exact) mass is 544 g/mol. The lowest BCUT2D eigenvalue weighted by molar-refractivity contribution is 0.0684. The second kappa shape index (κ2) is 9.83. The van der Waals surface area contributed by atoms with E-state index in [0.717, 1.165) is 41.7 Å². The predicted octanol–water partition coefficient (Wildman–Crippen LogP) is 5.80. The number of carbonyl (C=O) groups excluding carboxylic acids is 1. The van der Waals surface area contributed by atoms with Gasteiger partial charge in [0.05, 0.1) is 12.3 Å². The summed E-state index contributed by atoms with van der Waals surface area (Å²) in [4.78, 5) is 27.8. The molecule has 0 saturated carbocycles. The van der Waals surface area contributed by atoms with Crippen LogP contribution in [0.3, 0.4) is 0 Å². The maximum atomic E-state index is 12.4. The Morgan fingerprint density at radius 1 is 1.26 bits per heavy atom. The van der Waals surface area contributed by atoms with Crippen LogP contribution in [-0.4, -0.2) is 49.0 Å². The molecule has 9 nitrogen and oxygen atoms in total. The zero-order valence-corrected chi connectivity index (χ0v) is 21.3. The van der Waals surface area contributed by atoms with E-state index in [2.05, 4.69) is 35.6 Å². The highest BCUT2D eigenvalue weighted by atomic mass is 79.9. The Morgan fingerprint density at radius 2 is 2.06 bits per heavy atom. The molecule has 1 amide bonds. The van der Waals surface area contributed by atoms with Gasteiger partial charge in [0, 0.05) is 52.5 Å². The summed E-state index contributed by atoms with van der Waals surface area (Å²) in [5, 5.41) is 3.91. The molecular weight excluding hydrogens is 520 g/mol. The van der Waals surface area contributed by atoms with Crippen molar-refractivity contribution in [1.29, 1.82) is 0 Å². The van der Waals surface area contributed by atoms with Gasteiger partial charge in [0.15, 0.2) is 11.6 Å². The first-order valence-electron chi connectivity index (χ1n) is 11.3. The lowest BCUT2D eigenvalue weighted by atomic mass is 9.90. The Morgan fingerprint density at radius 3 is 2.79 bits per heavy atom. The number of nitrogens with zero attached hydrogens (tertiary/aromatic N) is 5. The van der Waals surface area contributed by atoms with Crippen LogP contribution in [0.1, 0.15) is 50.0 Å². The third-order valence-corrected chi connectivity index (χ3v) is 7.32. The summed E-state index contributed by atoms with van der Waals surface area (Å²) in [5.41, 5.74) is 0.787. The molecule has 11 heteroatoms. The number of pyridine rings is 2. The van der Waals surface area contributed by atoms with Crippen LogP contribution in [0, 0.1) is 6.92 Å². The molecule has 2 unspecified atom stereocenters. The normalized spacial score (nSPS) is 21.4. The minimum Gasteiger partial charge on any atom is -0.452 e. The molecule has 0 aromatic carbocycles. The lowest BCUT2D eigenvalue weighted by Crippen LogP contribution is -2.46. The average Bonchev–Trinajstić information content (AvgIpc) is 3.39. The number of nitrogens with one attached hydrogen (secondary N) is 1. The van der Waals surface area contributed by atoms with Gasteiger partial charge in [-0.15, -0.1) is 0 Å². The molecular formula is C23H25BrN6O3S. The van der Waals surface area contributed by atoms with Gasteiger partial charge in [0.25, 0.3) is 0 Å². The van der Waals surface area contributed by atoms with Crippen LogP contribution < -0.4 is 10.1 Å². The molecule has 2 bridgehead atoms. The number of halogens is 1. The Kier molecular flexibility index (Phi) is 6.64. The fourth-order valence-corrected chi connectivity index (χ4v) is 5.68. The van der Waals surface area contributed by atoms with Gasteiger partial charge in [-0.25, -0.2) is 14.8 Å². The smallest absolute Gasteiger partial charge is 0.410 e. The quantitative estimate of drug-likeness (QED) is 0.415. The number of anilines is 2. The number of rotatable bonds is 6. The van der Waals surface area contributed by atoms with Crippen LogP contribution in [0.5, 0.6) is 11.5 Å². The van der Waals surface area contributed by atoms with Gasteiger partial charge in [-0.05, 0) is 67.6 Å². The molecule has 3 aromatic heterocycles. The zero-order valence-electron chi connectivity index (χ0n) is 18.9. The molecule has 2 atom stereocenters. The topological polar surface area (TPSA) is 102 Å². The molecule has 0 aliphatic carbocycles. The van der Waals surface area contributed by atoms with E-state index < -0.39 is 0 Å². The van der Waals surface area contributed by atoms with Crippen LogP contribution in [0.25, 0.3) is 0 Å². The largest absolute Gasteiger partial charge is 0.452 e. The first-order valence-corrected chi connectivity index (χ1v) is 12.9. The number of amides is 1. The van der Waals surface area contributed by atoms with Crippen LogP contribution >= 0.6 is 27.5 Å². The predicted molar refractivity (Wildman–Crippen MR) is 132 cm³/mol. The third-order valence-electron chi connectivity index (χ3n) is 6.24. The number of carbonyl (C=O) groups is 1. The molecule has 0 spiro atoms. The maximum absolute atomic E-state index is 12.4. The van der Waals surface area contributed by atoms with Crippen molar-refractivity contribution in [2.45, 2.75) is 57.5 Å². The minimum absolute atomic E-state index is 0.193. The van der Waals surface area contributed by atoms with Gasteiger partial charge in [-0.2, -0.15) is 4.37 Å². The lowest BCUT2D eigenvalue weighted by Gasteiger charge is -2.37. The van der Waals surface area contributed by atoms with Crippen molar-refractivity contribution in [1.82, 2.24) is 24.2 Å². The number of aryl methyl sites for hydroxylation is 1. The molecule has 5 heterocycles. The number of ether oxygens (including phenoxy) is 2. The van der Waals surface area contributed by atoms with Crippen molar-refractivity contribution in [3.8, 4) is 11.5 Å². The number of aromatic nitrogens is 4. The SMILES string of the molecule is CCOC(=O)N1C2CCC1CC(c1nsc(Nc3ncc(Br)cc3Oc3cccnc3C)n1)C2. The summed E-state index contributed by atoms with van der Waals surface area (Å²) < 4.78 is 16.8. The van der Waals surface area contributed by atoms with Gasteiger partial charge < -0.3 is 19.7 Å². The first-order chi connectivity index (χ1) is 16.5. The number of piperidine rings is 1. The van der Waals surface area contributed by atoms with E-state index >= 15 is 0 Å². The van der Waals surface area contributed by atoms with Crippen LogP contribution in [0.15, 0.2) is 35.1 Å². The minimum atomic E-state index is -0.195. The van der Waals surface area contributed by atoms with Crippen LogP contribution in [0.4, 0.5) is 15.7 Å². The first kappa shape index (κ1) is 23.0. The molecule has 5 rings (SSSR count). The van der Waals surface area contributed by atoms with E-state index in [0.29, 0.717) is 29.1 Å². The standard InChI is InChI=1S/C23H25BrN6O3S/c1-3-32-23(31)30-16-6-7-17(30)10-14(9-16)20-27-22(34-29-20)28-21-19(11-15(24)12-26-21)33-18-5-4-8-25-13(18)2/h4-5,8,11-12,14,16-17H,3,6-7,9-10H2,1-2H3,(H,26,27,28,29). The molecule has 2 aliphatic heterocycles. The van der Waals surface area contributed by atoms with Crippen LogP contribution in [0.2, 0.25) is 0 Å². The number of hydrogen-bond donors (Lipinski definition) is 1. The highest BCUT2D eigenvalue weighted by molar-refractivity contribution is 9.10. The second-order valence-electron chi connectivity index (χ2n) is 8.43.